The molecule has 20 rings (SSSR count). The first-order valence-electron chi connectivity index (χ1n) is 42.2. The molecule has 654 valence electrons. The second-order valence-electron chi connectivity index (χ2n) is 36.9. The van der Waals surface area contributed by atoms with Crippen molar-refractivity contribution in [1.29, 1.82) is 0 Å². The number of nitrogens with zero attached hydrogens (tertiary/aromatic N) is 5. The van der Waals surface area contributed by atoms with E-state index in [0.29, 0.717) is 92.5 Å². The van der Waals surface area contributed by atoms with Crippen LogP contribution in [0, 0.1) is 30.1 Å². The third-order valence-electron chi connectivity index (χ3n) is 25.2. The lowest BCUT2D eigenvalue weighted by atomic mass is 9.36. The van der Waals surface area contributed by atoms with E-state index in [9.17, 15) is 71.1 Å². The Morgan fingerprint density at radius 2 is 0.605 bits per heavy atom. The second-order valence-corrected chi connectivity index (χ2v) is 41.9. The number of alkyl halides is 14. The number of allylic oxidation sites excluding steroid dienone is 16. The highest BCUT2D eigenvalue weighted by Gasteiger charge is 2.73. The number of carbonyl (C=O) groups excluding carboxylic acids is 2. The Kier molecular flexibility index (Phi) is 29.5. The Morgan fingerprint density at radius 1 is 0.353 bits per heavy atom. The molecule has 15 saturated carbocycles. The largest absolute Gasteiger partial charge is 0.434 e. The van der Waals surface area contributed by atoms with Crippen molar-refractivity contribution in [1.82, 2.24) is 35.6 Å². The van der Waals surface area contributed by atoms with Crippen molar-refractivity contribution in [2.45, 2.75) is 349 Å². The number of halogens is 14. The van der Waals surface area contributed by atoms with E-state index in [1.165, 1.54) is 93.3 Å². The van der Waals surface area contributed by atoms with Gasteiger partial charge in [-0.2, -0.15) is 61.5 Å². The van der Waals surface area contributed by atoms with Gasteiger partial charge in [-0.1, -0.05) is 158 Å². The number of aromatic nitrogens is 5. The van der Waals surface area contributed by atoms with Crippen molar-refractivity contribution in [2.24, 2.45) is 16.2 Å². The van der Waals surface area contributed by atoms with Crippen LogP contribution in [0.3, 0.4) is 0 Å². The fourth-order valence-corrected chi connectivity index (χ4v) is 25.6. The molecule has 0 radical (unpaired) electrons. The lowest BCUT2D eigenvalue weighted by molar-refractivity contribution is -0.144. The van der Waals surface area contributed by atoms with Crippen molar-refractivity contribution in [3.63, 3.8) is 0 Å². The van der Waals surface area contributed by atoms with Crippen molar-refractivity contribution < 1.29 is 71.1 Å². The Bertz CT molecular complexity index is 4350. The van der Waals surface area contributed by atoms with Gasteiger partial charge in [0.15, 0.2) is 22.8 Å². The van der Waals surface area contributed by atoms with Gasteiger partial charge in [-0.25, -0.2) is 24.9 Å². The van der Waals surface area contributed by atoms with Crippen LogP contribution in [-0.4, -0.2) is 47.8 Å². The van der Waals surface area contributed by atoms with Crippen LogP contribution in [0.2, 0.25) is 0 Å². The summed E-state index contributed by atoms with van der Waals surface area (Å²) in [6, 6.07) is 0. The molecule has 5 aromatic rings. The van der Waals surface area contributed by atoms with E-state index in [-0.39, 0.29) is 60.5 Å². The predicted molar refractivity (Wildman–Crippen MR) is 450 cm³/mol. The van der Waals surface area contributed by atoms with Gasteiger partial charge in [0, 0.05) is 83.8 Å². The zero-order valence-corrected chi connectivity index (χ0v) is 73.7. The number of thiazole rings is 5. The molecule has 5 heterocycles. The molecule has 0 aromatic carbocycles. The number of carbonyl (C=O) groups is 2. The maximum absolute atomic E-state index is 13.1. The molecule has 15 aliphatic carbocycles. The monoisotopic (exact) mass is 1760 g/mol. The Balaban J connectivity index is 0.000000154. The highest BCUT2D eigenvalue weighted by Crippen LogP contribution is 2.76. The summed E-state index contributed by atoms with van der Waals surface area (Å²) in [5.41, 5.74) is -2.47. The lowest BCUT2D eigenvalue weighted by Gasteiger charge is -2.69. The molecule has 2 amide bonds. The molecule has 28 heteroatoms. The van der Waals surface area contributed by atoms with Gasteiger partial charge in [0.25, 0.3) is 5.92 Å². The molecule has 119 heavy (non-hydrogen) atoms. The minimum atomic E-state index is -4.40. The molecule has 0 saturated heterocycles. The molecule has 5 aromatic heterocycles. The van der Waals surface area contributed by atoms with Crippen LogP contribution in [0.4, 0.5) is 61.5 Å². The summed E-state index contributed by atoms with van der Waals surface area (Å²) in [4.78, 5) is 44.6. The van der Waals surface area contributed by atoms with Crippen molar-refractivity contribution in [2.75, 3.05) is 0 Å². The van der Waals surface area contributed by atoms with E-state index in [1.807, 2.05) is 0 Å². The quantitative estimate of drug-likeness (QED) is 0.0233. The first kappa shape index (κ1) is 93.7. The molecular weight excluding hydrogens is 1650 g/mol. The summed E-state index contributed by atoms with van der Waals surface area (Å²) in [6.45, 7) is 15.0. The average Bonchev–Trinajstić information content (AvgIpc) is 1.67. The Morgan fingerprint density at radius 3 is 0.849 bits per heavy atom. The van der Waals surface area contributed by atoms with E-state index < -0.39 is 53.4 Å². The molecule has 15 aliphatic rings. The Hall–Kier alpha value is -5.97. The van der Waals surface area contributed by atoms with Gasteiger partial charge >= 0.3 is 24.7 Å². The van der Waals surface area contributed by atoms with Crippen LogP contribution >= 0.6 is 56.7 Å². The third kappa shape index (κ3) is 23.0. The summed E-state index contributed by atoms with van der Waals surface area (Å²) in [5, 5.41) is 13.5. The minimum absolute atomic E-state index is 0.00762. The van der Waals surface area contributed by atoms with E-state index in [0.717, 1.165) is 179 Å². The van der Waals surface area contributed by atoms with E-state index in [4.69, 9.17) is 0 Å². The van der Waals surface area contributed by atoms with E-state index in [1.54, 1.807) is 0 Å². The zero-order chi connectivity index (χ0) is 86.3. The summed E-state index contributed by atoms with van der Waals surface area (Å²) in [5.74, 6) is -2.72. The van der Waals surface area contributed by atoms with Crippen LogP contribution in [-0.2, 0) is 67.3 Å². The van der Waals surface area contributed by atoms with Gasteiger partial charge in [0.2, 0.25) is 11.8 Å². The third-order valence-corrected chi connectivity index (χ3v) is 30.9. The summed E-state index contributed by atoms with van der Waals surface area (Å²) < 4.78 is 178. The van der Waals surface area contributed by atoms with Gasteiger partial charge in [-0.3, -0.25) is 9.59 Å². The molecule has 2 N–H and O–H groups in total. The summed E-state index contributed by atoms with van der Waals surface area (Å²) >= 11 is 6.04. The molecule has 0 spiro atoms. The molecule has 0 atom stereocenters. The maximum Gasteiger partial charge on any atom is 0.434 e. The van der Waals surface area contributed by atoms with E-state index >= 15 is 0 Å². The van der Waals surface area contributed by atoms with Gasteiger partial charge < -0.3 is 10.6 Å². The van der Waals surface area contributed by atoms with Crippen molar-refractivity contribution >= 4 is 68.5 Å². The summed E-state index contributed by atoms with van der Waals surface area (Å²) in [7, 11) is 0. The number of nitrogens with one attached hydrogen (secondary N) is 2. The van der Waals surface area contributed by atoms with Gasteiger partial charge in [0.1, 0.15) is 5.69 Å². The number of aryl methyl sites for hydroxylation is 2. The van der Waals surface area contributed by atoms with Gasteiger partial charge in [0.05, 0.1) is 25.0 Å². The number of hydrogen-bond donors (Lipinski definition) is 2. The van der Waals surface area contributed by atoms with Crippen LogP contribution in [0.1, 0.15) is 330 Å². The maximum atomic E-state index is 13.1. The summed E-state index contributed by atoms with van der Waals surface area (Å²) in [6.07, 6.45) is 51.4. The first-order valence-corrected chi connectivity index (χ1v) is 46.5. The SMILES string of the molecule is CC12CC(c3nc(C(C)(F)F)cs3)(C1)C2.CC12CC(c3nc(C(F)(F)F)cs3)(C1)C2.CCCCC/C=C\C/C=C\C/C=C\C/C=C\CCCC(=O)NC12CC(c3nc(C(F)(F)F)c(C)s3)(C1)C2.CCCCC/C=C\C/C=C\C/C=C\C/C=C\CCCC(=O)NC12CC(c3nc(C(F)(F)F)cs3)(C1)C2.Cc1sc(C23CC(C)(C2)C3)nc1C(F)(F)F. The molecule has 15 fully saturated rings. The number of unbranched alkanes of at least 4 members (excludes halogenated alkanes) is 8. The standard InChI is InChI=1S/C30H41F3N2OS.C29H39F3N2OS.C11H12F3NS.C11H13F2NS.C10H10F3NS/c1-3-4-5-6-7-8-9-10-11-12-13-14-15-16-17-18-19-20-25(36)35-29-21-28(22-29,23-29)27-34-26(24(2)37-27)30(31,32)33;1-2-3-4-5-6-7-8-9-10-11-12-13-14-15-16-17-18-19-25(35)34-28-21-27(22-28,23-28)26-33-24(20-36-26)29(30,31)32;1-6-7(11(12,13)14)15-8(16-6)10-3-9(2,4-10)5-10;1-9-4-11(5-9,6-9)8-14-7(3-15-8)10(2,12)13;1-8-3-9(4-8,5-8)7-14-6(2-15-7)10(11,12)13/h7-8,10-11,13-14,16-17H,3-6,9,12,15,18-23H2,1-2H3,(H,35,36);6-7,9-10,12-13,15-16,20H,2-5,8,11,14,17-19,21-23H2,1H3,(H,34,35);3-5H2,1-2H3;3H,4-6H2,1-2H3;2H,3-5H2,1H3/b8-7-,11-10-,14-13-,17-16-;7-6-,10-9-,13-12-,16-15-;;;. The van der Waals surface area contributed by atoms with Crippen LogP contribution in [0.15, 0.2) is 113 Å². The predicted octanol–water partition coefficient (Wildman–Crippen LogP) is 28.7. The van der Waals surface area contributed by atoms with Crippen LogP contribution in [0.25, 0.3) is 0 Å². The fourth-order valence-electron chi connectivity index (χ4n) is 20.2. The Labute approximate surface area is 712 Å². The molecule has 9 nitrogen and oxygen atoms in total. The van der Waals surface area contributed by atoms with E-state index in [2.05, 4.69) is 167 Å². The fraction of sp³-hybridized carbons (Fsp3) is 0.637. The molecule has 0 aliphatic heterocycles. The normalized spacial score (nSPS) is 29.1. The smallest absolute Gasteiger partial charge is 0.351 e. The lowest BCUT2D eigenvalue weighted by Crippen LogP contribution is -2.76. The first-order chi connectivity index (χ1) is 55.9. The molecule has 10 bridgehead atoms. The number of rotatable bonds is 36. The number of hydrogen-bond acceptors (Lipinski definition) is 12. The highest BCUT2D eigenvalue weighted by atomic mass is 32.1. The van der Waals surface area contributed by atoms with Crippen molar-refractivity contribution in [3.8, 4) is 0 Å². The van der Waals surface area contributed by atoms with Gasteiger partial charge in [-0.05, 0) is 216 Å². The molecule has 0 unspecified atom stereocenters. The zero-order valence-electron chi connectivity index (χ0n) is 69.6. The average molecular weight is 1770 g/mol. The van der Waals surface area contributed by atoms with Crippen LogP contribution in [0.5, 0.6) is 0 Å². The van der Waals surface area contributed by atoms with Gasteiger partial charge in [-0.15, -0.1) is 56.7 Å². The van der Waals surface area contributed by atoms with Crippen molar-refractivity contribution in [3.05, 3.63) is 177 Å². The minimum Gasteiger partial charge on any atom is -0.351 e. The van der Waals surface area contributed by atoms with Crippen LogP contribution < -0.4 is 10.6 Å². The molecular formula is C91H115F14N7O2S5. The number of amides is 2. The second kappa shape index (κ2) is 37.5. The highest BCUT2D eigenvalue weighted by molar-refractivity contribution is 7.12. The topological polar surface area (TPSA) is 123 Å².